The Morgan fingerprint density at radius 3 is 2.11 bits per heavy atom. The van der Waals surface area contributed by atoms with Crippen molar-refractivity contribution in [2.75, 3.05) is 49.5 Å². The number of carbonyl (C=O) groups excluding carboxylic acids is 1. The monoisotopic (exact) mass is 538 g/mol. The zero-order chi connectivity index (χ0) is 26.4. The molecule has 5 rings (SSSR count). The van der Waals surface area contributed by atoms with Gasteiger partial charge in [0.25, 0.3) is 0 Å². The number of anilines is 2. The number of nitrogens with zero attached hydrogens (tertiary/aromatic N) is 4. The van der Waals surface area contributed by atoms with E-state index < -0.39 is 21.8 Å². The van der Waals surface area contributed by atoms with Crippen LogP contribution in [-0.2, 0) is 16.2 Å². The first-order valence-corrected chi connectivity index (χ1v) is 13.6. The Morgan fingerprint density at radius 2 is 1.59 bits per heavy atom. The highest BCUT2D eigenvalue weighted by Gasteiger charge is 2.41. The number of hydrogen-bond acceptors (Lipinski definition) is 6. The van der Waals surface area contributed by atoms with Gasteiger partial charge in [0.1, 0.15) is 5.82 Å². The quantitative estimate of drug-likeness (QED) is 0.606. The summed E-state index contributed by atoms with van der Waals surface area (Å²) in [6, 6.07) is 8.70. The SMILES string of the molecule is NC(=O)N1C[C@@H]2CN(c3ccc(S(=O)(=O)N4CCC(Nc5ccc(C(F)(F)F)cn5)CC4)cc3)C[C@@H]2C1. The second-order valence-electron chi connectivity index (χ2n) is 9.91. The zero-order valence-electron chi connectivity index (χ0n) is 20.1. The van der Waals surface area contributed by atoms with Crippen molar-refractivity contribution in [3.8, 4) is 0 Å². The van der Waals surface area contributed by atoms with Gasteiger partial charge in [-0.15, -0.1) is 0 Å². The molecule has 3 aliphatic heterocycles. The number of halogens is 3. The van der Waals surface area contributed by atoms with Crippen LogP contribution in [0.15, 0.2) is 47.5 Å². The number of likely N-dealkylation sites (tertiary alicyclic amines) is 1. The largest absolute Gasteiger partial charge is 0.417 e. The second-order valence-corrected chi connectivity index (χ2v) is 11.9. The topological polar surface area (TPSA) is 112 Å². The smallest absolute Gasteiger partial charge is 0.371 e. The summed E-state index contributed by atoms with van der Waals surface area (Å²) in [5, 5.41) is 3.10. The molecule has 9 nitrogen and oxygen atoms in total. The summed E-state index contributed by atoms with van der Waals surface area (Å²) in [6.45, 7) is 3.51. The third kappa shape index (κ3) is 5.33. The minimum atomic E-state index is -4.44. The van der Waals surface area contributed by atoms with Crippen LogP contribution in [0.3, 0.4) is 0 Å². The van der Waals surface area contributed by atoms with Crippen LogP contribution in [0.1, 0.15) is 18.4 Å². The van der Waals surface area contributed by atoms with E-state index >= 15 is 0 Å². The highest BCUT2D eigenvalue weighted by atomic mass is 32.2. The first-order chi connectivity index (χ1) is 17.5. The summed E-state index contributed by atoms with van der Waals surface area (Å²) in [7, 11) is -3.66. The van der Waals surface area contributed by atoms with Gasteiger partial charge >= 0.3 is 12.2 Å². The van der Waals surface area contributed by atoms with Gasteiger partial charge in [-0.25, -0.2) is 18.2 Å². The molecule has 3 fully saturated rings. The molecule has 3 saturated heterocycles. The van der Waals surface area contributed by atoms with Crippen LogP contribution in [0.5, 0.6) is 0 Å². The summed E-state index contributed by atoms with van der Waals surface area (Å²) in [6.07, 6.45) is -2.63. The number of hydrogen-bond donors (Lipinski definition) is 2. The normalized spacial score (nSPS) is 23.3. The third-order valence-electron chi connectivity index (χ3n) is 7.53. The van der Waals surface area contributed by atoms with Crippen LogP contribution in [0.4, 0.5) is 29.5 Å². The molecule has 0 saturated carbocycles. The molecule has 3 N–H and O–H groups in total. The second kappa shape index (κ2) is 9.67. The maximum atomic E-state index is 13.2. The number of amides is 2. The Balaban J connectivity index is 1.15. The Morgan fingerprint density at radius 1 is 0.973 bits per heavy atom. The molecule has 0 radical (unpaired) electrons. The molecule has 3 aliphatic rings. The van der Waals surface area contributed by atoms with Gasteiger partial charge in [0.2, 0.25) is 10.0 Å². The summed E-state index contributed by atoms with van der Waals surface area (Å²) in [4.78, 5) is 19.4. The average molecular weight is 539 g/mol. The Kier molecular flexibility index (Phi) is 6.69. The zero-order valence-corrected chi connectivity index (χ0v) is 20.9. The fraction of sp³-hybridized carbons (Fsp3) is 0.500. The van der Waals surface area contributed by atoms with Gasteiger partial charge < -0.3 is 20.9 Å². The summed E-state index contributed by atoms with van der Waals surface area (Å²) >= 11 is 0. The summed E-state index contributed by atoms with van der Waals surface area (Å²) in [5.74, 6) is 1.06. The van der Waals surface area contributed by atoms with Crippen molar-refractivity contribution in [3.63, 3.8) is 0 Å². The van der Waals surface area contributed by atoms with Crippen molar-refractivity contribution >= 4 is 27.6 Å². The van der Waals surface area contributed by atoms with E-state index in [1.807, 2.05) is 12.1 Å². The average Bonchev–Trinajstić information content (AvgIpc) is 3.44. The van der Waals surface area contributed by atoms with Gasteiger partial charge in [-0.1, -0.05) is 0 Å². The van der Waals surface area contributed by atoms with Crippen LogP contribution in [0.2, 0.25) is 0 Å². The molecule has 0 aliphatic carbocycles. The number of carbonyl (C=O) groups is 1. The predicted octanol–water partition coefficient (Wildman–Crippen LogP) is 2.81. The molecule has 1 aromatic carbocycles. The molecular weight excluding hydrogens is 509 g/mol. The fourth-order valence-corrected chi connectivity index (χ4v) is 6.93. The van der Waals surface area contributed by atoms with E-state index in [1.54, 1.807) is 17.0 Å². The van der Waals surface area contributed by atoms with E-state index in [-0.39, 0.29) is 17.0 Å². The number of fused-ring (bicyclic) bond motifs is 1. The molecule has 0 unspecified atom stereocenters. The van der Waals surface area contributed by atoms with Gasteiger partial charge in [-0.2, -0.15) is 17.5 Å². The standard InChI is InChI=1S/C24H29F3N6O3S/c25-24(26,27)18-1-6-22(29-11-18)30-19-7-9-33(10-8-19)37(35,36)21-4-2-20(3-5-21)31-12-16-14-32(23(28)34)15-17(16)13-31/h1-6,11,16-17,19H,7-10,12-15H2,(H2,28,34)(H,29,30)/t16-,17+. The number of primary amides is 1. The van der Waals surface area contributed by atoms with Gasteiger partial charge in [0.05, 0.1) is 10.5 Å². The first-order valence-electron chi connectivity index (χ1n) is 12.2. The molecule has 37 heavy (non-hydrogen) atoms. The number of nitrogens with one attached hydrogen (secondary N) is 1. The number of pyridine rings is 1. The predicted molar refractivity (Wildman–Crippen MR) is 131 cm³/mol. The van der Waals surface area contributed by atoms with Gasteiger partial charge in [-0.05, 0) is 49.2 Å². The summed E-state index contributed by atoms with van der Waals surface area (Å²) < 4.78 is 66.0. The number of sulfonamides is 1. The molecule has 4 heterocycles. The number of piperidine rings is 1. The Bertz CT molecular complexity index is 1220. The number of nitrogens with two attached hydrogens (primary N) is 1. The van der Waals surface area contributed by atoms with E-state index in [0.717, 1.165) is 31.0 Å². The van der Waals surface area contributed by atoms with Crippen LogP contribution in [0, 0.1) is 11.8 Å². The van der Waals surface area contributed by atoms with Crippen LogP contribution < -0.4 is 16.0 Å². The van der Waals surface area contributed by atoms with Crippen molar-refractivity contribution in [2.24, 2.45) is 17.6 Å². The Labute approximate surface area is 213 Å². The van der Waals surface area contributed by atoms with Gasteiger partial charge in [0, 0.05) is 69.0 Å². The van der Waals surface area contributed by atoms with E-state index in [2.05, 4.69) is 15.2 Å². The third-order valence-corrected chi connectivity index (χ3v) is 9.45. The minimum Gasteiger partial charge on any atom is -0.371 e. The van der Waals surface area contributed by atoms with Crippen LogP contribution in [-0.4, -0.2) is 73.9 Å². The number of benzene rings is 1. The van der Waals surface area contributed by atoms with Gasteiger partial charge in [-0.3, -0.25) is 0 Å². The lowest BCUT2D eigenvalue weighted by Gasteiger charge is -2.32. The molecule has 13 heteroatoms. The maximum Gasteiger partial charge on any atom is 0.417 e. The lowest BCUT2D eigenvalue weighted by atomic mass is 10.0. The lowest BCUT2D eigenvalue weighted by Crippen LogP contribution is -2.42. The molecule has 0 bridgehead atoms. The van der Waals surface area contributed by atoms with E-state index in [0.29, 0.717) is 56.7 Å². The molecule has 0 spiro atoms. The van der Waals surface area contributed by atoms with E-state index in [9.17, 15) is 26.4 Å². The van der Waals surface area contributed by atoms with E-state index in [4.69, 9.17) is 5.73 Å². The van der Waals surface area contributed by atoms with E-state index in [1.165, 1.54) is 10.4 Å². The van der Waals surface area contributed by atoms with Crippen LogP contribution in [0.25, 0.3) is 0 Å². The van der Waals surface area contributed by atoms with Crippen LogP contribution >= 0.6 is 0 Å². The maximum absolute atomic E-state index is 13.2. The molecule has 2 aromatic rings. The van der Waals surface area contributed by atoms with Gasteiger partial charge in [0.15, 0.2) is 0 Å². The number of aromatic nitrogens is 1. The fourth-order valence-electron chi connectivity index (χ4n) is 5.46. The van der Waals surface area contributed by atoms with Crippen molar-refractivity contribution in [1.29, 1.82) is 0 Å². The molecular formula is C24H29F3N6O3S. The summed E-state index contributed by atoms with van der Waals surface area (Å²) in [5.41, 5.74) is 5.54. The first kappa shape index (κ1) is 25.6. The van der Waals surface area contributed by atoms with Crippen molar-refractivity contribution in [2.45, 2.75) is 30.0 Å². The highest BCUT2D eigenvalue weighted by molar-refractivity contribution is 7.89. The lowest BCUT2D eigenvalue weighted by molar-refractivity contribution is -0.137. The number of urea groups is 1. The van der Waals surface area contributed by atoms with Crippen molar-refractivity contribution in [1.82, 2.24) is 14.2 Å². The number of alkyl halides is 3. The van der Waals surface area contributed by atoms with Crippen molar-refractivity contribution in [3.05, 3.63) is 48.2 Å². The molecule has 1 aromatic heterocycles. The van der Waals surface area contributed by atoms with Crippen molar-refractivity contribution < 1.29 is 26.4 Å². The molecule has 200 valence electrons. The highest BCUT2D eigenvalue weighted by Crippen LogP contribution is 2.34. The number of rotatable bonds is 5. The minimum absolute atomic E-state index is 0.0850. The molecule has 2 atom stereocenters. The molecule has 2 amide bonds. The Hall–Kier alpha value is -3.06.